The molecule has 0 saturated carbocycles. The summed E-state index contributed by atoms with van der Waals surface area (Å²) in [6.45, 7) is 10.2. The summed E-state index contributed by atoms with van der Waals surface area (Å²) in [7, 11) is 0. The van der Waals surface area contributed by atoms with Gasteiger partial charge in [0.15, 0.2) is 0 Å². The van der Waals surface area contributed by atoms with Crippen molar-refractivity contribution in [2.75, 3.05) is 6.54 Å². The summed E-state index contributed by atoms with van der Waals surface area (Å²) in [6.07, 6.45) is 4.13. The summed E-state index contributed by atoms with van der Waals surface area (Å²) in [5.74, 6) is -4.79. The molecule has 0 radical (unpaired) electrons. The van der Waals surface area contributed by atoms with Crippen molar-refractivity contribution in [3.63, 3.8) is 0 Å². The Hall–Kier alpha value is -4.32. The van der Waals surface area contributed by atoms with Gasteiger partial charge in [-0.1, -0.05) is 51.1 Å². The third-order valence-electron chi connectivity index (χ3n) is 7.51. The maximum atomic E-state index is 13.6. The van der Waals surface area contributed by atoms with E-state index in [2.05, 4.69) is 21.0 Å². The van der Waals surface area contributed by atoms with Gasteiger partial charge < -0.3 is 25.3 Å². The van der Waals surface area contributed by atoms with Gasteiger partial charge in [-0.05, 0) is 56.7 Å². The maximum Gasteiger partial charge on any atom is 0.302 e. The molecule has 2 heterocycles. The summed E-state index contributed by atoms with van der Waals surface area (Å²) in [5, 5.41) is 18.8. The Labute approximate surface area is 257 Å². The van der Waals surface area contributed by atoms with E-state index in [9.17, 15) is 29.1 Å². The number of nitrogens with one attached hydrogen (secondary N) is 3. The first kappa shape index (κ1) is 34.2. The number of nitrogens with zero attached hydrogens (tertiary/aromatic N) is 2. The molecule has 12 nitrogen and oxygen atoms in total. The van der Waals surface area contributed by atoms with Gasteiger partial charge in [0, 0.05) is 24.5 Å². The van der Waals surface area contributed by atoms with Crippen molar-refractivity contribution in [3.8, 4) is 0 Å². The van der Waals surface area contributed by atoms with Crippen molar-refractivity contribution in [3.05, 3.63) is 47.7 Å². The number of benzene rings is 1. The predicted molar refractivity (Wildman–Crippen MR) is 162 cm³/mol. The van der Waals surface area contributed by atoms with Crippen LogP contribution in [0.25, 0.3) is 17.0 Å². The van der Waals surface area contributed by atoms with E-state index in [-0.39, 0.29) is 12.5 Å². The molecule has 1 saturated heterocycles. The standard InChI is InChI=1S/C32H43N5O7/c1-7-24-14-13-23-12-10-22(17-27(23)34-24)11-15-25(20(5)44-21(6)38)29(39)35-28(18(2)3)30(40)33-19(4)31(41)37-16-8-9-26(36-37)32(42)43/h10-15,17-20,25-26,28,36H,7-9,16H2,1-6H3,(H,33,40)(H,35,39)(H,42,43)/p-1/b15-11+/t19-,20?,25?,26-,28-/m0/s1. The van der Waals surface area contributed by atoms with E-state index in [0.29, 0.717) is 12.8 Å². The number of carboxylic acids is 1. The number of esters is 1. The molecule has 1 aliphatic heterocycles. The Morgan fingerprint density at radius 1 is 1.09 bits per heavy atom. The van der Waals surface area contributed by atoms with E-state index in [1.807, 2.05) is 37.3 Å². The average Bonchev–Trinajstić information content (AvgIpc) is 2.98. The minimum Gasteiger partial charge on any atom is -0.548 e. The second-order valence-electron chi connectivity index (χ2n) is 11.4. The molecule has 1 fully saturated rings. The average molecular weight is 609 g/mol. The number of fused-ring (bicyclic) bond motifs is 1. The fraction of sp³-hybridized carbons (Fsp3) is 0.500. The second kappa shape index (κ2) is 15.4. The Balaban J connectivity index is 1.76. The molecule has 0 aliphatic carbocycles. The highest BCUT2D eigenvalue weighted by molar-refractivity contribution is 5.93. The lowest BCUT2D eigenvalue weighted by Gasteiger charge is -2.36. The van der Waals surface area contributed by atoms with Crippen LogP contribution in [0.2, 0.25) is 0 Å². The van der Waals surface area contributed by atoms with Crippen molar-refractivity contribution in [1.29, 1.82) is 0 Å². The first-order valence-corrected chi connectivity index (χ1v) is 14.9. The summed E-state index contributed by atoms with van der Waals surface area (Å²) < 4.78 is 5.35. The smallest absolute Gasteiger partial charge is 0.302 e. The Morgan fingerprint density at radius 2 is 1.80 bits per heavy atom. The normalized spacial score (nSPS) is 18.0. The topological polar surface area (TPSA) is 170 Å². The monoisotopic (exact) mass is 608 g/mol. The van der Waals surface area contributed by atoms with Gasteiger partial charge in [0.25, 0.3) is 5.91 Å². The zero-order valence-electron chi connectivity index (χ0n) is 26.1. The Morgan fingerprint density at radius 3 is 2.43 bits per heavy atom. The number of aliphatic carboxylic acids is 1. The predicted octanol–water partition coefficient (Wildman–Crippen LogP) is 1.27. The minimum atomic E-state index is -1.31. The third-order valence-corrected chi connectivity index (χ3v) is 7.51. The number of carbonyl (C=O) groups is 5. The molecule has 12 heteroatoms. The zero-order valence-corrected chi connectivity index (χ0v) is 26.1. The number of carboxylic acid groups (broad SMARTS) is 1. The molecule has 2 aromatic rings. The number of ether oxygens (including phenoxy) is 1. The summed E-state index contributed by atoms with van der Waals surface area (Å²) in [5.41, 5.74) is 5.20. The van der Waals surface area contributed by atoms with Crippen molar-refractivity contribution in [2.24, 2.45) is 11.8 Å². The van der Waals surface area contributed by atoms with Crippen LogP contribution in [0.15, 0.2) is 36.4 Å². The lowest BCUT2D eigenvalue weighted by molar-refractivity contribution is -0.310. The molecular formula is C32H42N5O7-. The maximum absolute atomic E-state index is 13.6. The molecule has 0 bridgehead atoms. The minimum absolute atomic E-state index is 0.280. The molecule has 3 N–H and O–H groups in total. The lowest BCUT2D eigenvalue weighted by atomic mass is 9.97. The highest BCUT2D eigenvalue weighted by Gasteiger charge is 2.33. The van der Waals surface area contributed by atoms with Gasteiger partial charge in [0.2, 0.25) is 11.8 Å². The summed E-state index contributed by atoms with van der Waals surface area (Å²) >= 11 is 0. The van der Waals surface area contributed by atoms with Crippen molar-refractivity contribution < 1.29 is 33.8 Å². The lowest BCUT2D eigenvalue weighted by Crippen LogP contribution is -2.62. The molecular weight excluding hydrogens is 566 g/mol. The van der Waals surface area contributed by atoms with Crippen LogP contribution in [-0.2, 0) is 35.1 Å². The van der Waals surface area contributed by atoms with Gasteiger partial charge >= 0.3 is 5.97 Å². The van der Waals surface area contributed by atoms with Gasteiger partial charge in [-0.15, -0.1) is 0 Å². The first-order chi connectivity index (χ1) is 20.8. The molecule has 3 amide bonds. The van der Waals surface area contributed by atoms with Gasteiger partial charge in [0.05, 0.1) is 23.4 Å². The van der Waals surface area contributed by atoms with E-state index < -0.39 is 59.8 Å². The Bertz CT molecular complexity index is 1410. The number of rotatable bonds is 12. The number of hydrazine groups is 1. The molecule has 1 aromatic carbocycles. The van der Waals surface area contributed by atoms with E-state index in [4.69, 9.17) is 4.74 Å². The van der Waals surface area contributed by atoms with Crippen LogP contribution in [0.5, 0.6) is 0 Å². The molecule has 0 spiro atoms. The SMILES string of the molecule is CCc1ccc2ccc(/C=C/C(C(=O)N[C@H](C(=O)N[C@@H](C)C(=O)N3CCC[C@@H](C(=O)[O-])N3)C(C)C)C(C)OC(C)=O)cc2n1. The fourth-order valence-corrected chi connectivity index (χ4v) is 4.98. The van der Waals surface area contributed by atoms with Crippen molar-refractivity contribution in [2.45, 2.75) is 85.0 Å². The molecule has 5 atom stereocenters. The van der Waals surface area contributed by atoms with Crippen molar-refractivity contribution >= 4 is 46.6 Å². The summed E-state index contributed by atoms with van der Waals surface area (Å²) in [4.78, 5) is 67.5. The largest absolute Gasteiger partial charge is 0.548 e. The van der Waals surface area contributed by atoms with E-state index >= 15 is 0 Å². The van der Waals surface area contributed by atoms with Crippen LogP contribution in [-0.4, -0.2) is 70.4 Å². The molecule has 238 valence electrons. The molecule has 3 rings (SSSR count). The van der Waals surface area contributed by atoms with Crippen LogP contribution in [0, 0.1) is 11.8 Å². The quantitative estimate of drug-likeness (QED) is 0.300. The number of pyridine rings is 1. The molecule has 1 aromatic heterocycles. The van der Waals surface area contributed by atoms with Gasteiger partial charge in [-0.3, -0.25) is 29.2 Å². The molecule has 44 heavy (non-hydrogen) atoms. The number of hydrogen-bond donors (Lipinski definition) is 3. The van der Waals surface area contributed by atoms with Crippen LogP contribution in [0.1, 0.15) is 65.6 Å². The van der Waals surface area contributed by atoms with Gasteiger partial charge in [0.1, 0.15) is 18.2 Å². The number of amides is 3. The van der Waals surface area contributed by atoms with E-state index in [1.165, 1.54) is 18.9 Å². The van der Waals surface area contributed by atoms with Crippen LogP contribution < -0.4 is 21.2 Å². The number of aryl methyl sites for hydroxylation is 1. The number of hydrogen-bond acceptors (Lipinski definition) is 9. The highest BCUT2D eigenvalue weighted by Crippen LogP contribution is 2.19. The van der Waals surface area contributed by atoms with Gasteiger partial charge in [-0.25, -0.2) is 5.43 Å². The number of aromatic nitrogens is 1. The second-order valence-corrected chi connectivity index (χ2v) is 11.4. The van der Waals surface area contributed by atoms with Gasteiger partial charge in [-0.2, -0.15) is 0 Å². The fourth-order valence-electron chi connectivity index (χ4n) is 4.98. The number of carbonyl (C=O) groups excluding carboxylic acids is 5. The Kier molecular flexibility index (Phi) is 12.0. The summed E-state index contributed by atoms with van der Waals surface area (Å²) in [6, 6.07) is 6.71. The molecule has 1 aliphatic rings. The van der Waals surface area contributed by atoms with E-state index in [0.717, 1.165) is 28.6 Å². The first-order valence-electron chi connectivity index (χ1n) is 14.9. The zero-order chi connectivity index (χ0) is 32.6. The van der Waals surface area contributed by atoms with Crippen LogP contribution >= 0.6 is 0 Å². The van der Waals surface area contributed by atoms with Crippen LogP contribution in [0.3, 0.4) is 0 Å². The van der Waals surface area contributed by atoms with Crippen LogP contribution in [0.4, 0.5) is 0 Å². The highest BCUT2D eigenvalue weighted by atomic mass is 16.5. The van der Waals surface area contributed by atoms with E-state index in [1.54, 1.807) is 32.9 Å². The van der Waals surface area contributed by atoms with Crippen molar-refractivity contribution in [1.82, 2.24) is 26.1 Å². The molecule has 2 unspecified atom stereocenters. The third kappa shape index (κ3) is 9.09.